The number of benzene rings is 1. The van der Waals surface area contributed by atoms with E-state index in [1.165, 1.54) is 36.5 Å². The van der Waals surface area contributed by atoms with Crippen LogP contribution in [-0.2, 0) is 20.7 Å². The summed E-state index contributed by atoms with van der Waals surface area (Å²) in [5.74, 6) is -1.22. The van der Waals surface area contributed by atoms with Crippen molar-refractivity contribution in [3.63, 3.8) is 0 Å². The second-order valence-corrected chi connectivity index (χ2v) is 6.07. The average Bonchev–Trinajstić information content (AvgIpc) is 3.08. The van der Waals surface area contributed by atoms with Crippen LogP contribution in [0.3, 0.4) is 0 Å². The van der Waals surface area contributed by atoms with Crippen molar-refractivity contribution in [1.29, 1.82) is 0 Å². The highest BCUT2D eigenvalue weighted by molar-refractivity contribution is 7.10. The largest absolute Gasteiger partial charge is 0.449 e. The molecule has 24 heavy (non-hydrogen) atoms. The number of carbonyl (C=O) groups excluding carboxylic acids is 2. The molecular weight excluding hydrogens is 329 g/mol. The summed E-state index contributed by atoms with van der Waals surface area (Å²) in [4.78, 5) is 24.5. The standard InChI is InChI=1S/C18H18FNO3S/c1-13(23-17(21)9-8-16-3-2-12-24-16)18(22)20-11-10-14-4-6-15(19)7-5-14/h2-9,12-13H,10-11H2,1H3,(H,20,22)/b9-8+/t13-/m1/s1. The van der Waals surface area contributed by atoms with Crippen molar-refractivity contribution in [3.8, 4) is 0 Å². The Morgan fingerprint density at radius 1 is 1.29 bits per heavy atom. The van der Waals surface area contributed by atoms with Crippen LogP contribution in [0.1, 0.15) is 17.4 Å². The molecule has 0 spiro atoms. The highest BCUT2D eigenvalue weighted by atomic mass is 32.1. The van der Waals surface area contributed by atoms with Crippen LogP contribution in [0.15, 0.2) is 47.9 Å². The molecule has 1 aromatic heterocycles. The molecule has 0 aliphatic rings. The molecule has 1 N–H and O–H groups in total. The van der Waals surface area contributed by atoms with E-state index < -0.39 is 12.1 Å². The molecule has 0 aliphatic carbocycles. The number of rotatable bonds is 7. The van der Waals surface area contributed by atoms with Gasteiger partial charge in [-0.3, -0.25) is 4.79 Å². The van der Waals surface area contributed by atoms with Gasteiger partial charge in [-0.05, 0) is 48.6 Å². The van der Waals surface area contributed by atoms with Crippen LogP contribution in [0.2, 0.25) is 0 Å². The van der Waals surface area contributed by atoms with Gasteiger partial charge in [0.2, 0.25) is 0 Å². The van der Waals surface area contributed by atoms with E-state index in [2.05, 4.69) is 5.32 Å². The fraction of sp³-hybridized carbons (Fsp3) is 0.222. The minimum absolute atomic E-state index is 0.293. The first-order valence-corrected chi connectivity index (χ1v) is 8.37. The summed E-state index contributed by atoms with van der Waals surface area (Å²) in [5, 5.41) is 4.59. The van der Waals surface area contributed by atoms with Gasteiger partial charge in [0.25, 0.3) is 5.91 Å². The highest BCUT2D eigenvalue weighted by Gasteiger charge is 2.15. The molecular formula is C18H18FNO3S. The summed E-state index contributed by atoms with van der Waals surface area (Å²) in [6.07, 6.45) is 2.64. The highest BCUT2D eigenvalue weighted by Crippen LogP contribution is 2.10. The van der Waals surface area contributed by atoms with E-state index in [1.807, 2.05) is 17.5 Å². The van der Waals surface area contributed by atoms with Crippen LogP contribution in [0.25, 0.3) is 6.08 Å². The van der Waals surface area contributed by atoms with Gasteiger partial charge in [-0.25, -0.2) is 9.18 Å². The Hall–Kier alpha value is -2.47. The zero-order valence-electron chi connectivity index (χ0n) is 13.2. The third-order valence-electron chi connectivity index (χ3n) is 3.22. The molecule has 0 saturated carbocycles. The number of carbonyl (C=O) groups is 2. The molecule has 0 saturated heterocycles. The summed E-state index contributed by atoms with van der Waals surface area (Å²) >= 11 is 1.50. The minimum atomic E-state index is -0.876. The summed E-state index contributed by atoms with van der Waals surface area (Å²) in [5.41, 5.74) is 0.917. The van der Waals surface area contributed by atoms with E-state index in [9.17, 15) is 14.0 Å². The number of esters is 1. The Balaban J connectivity index is 1.71. The average molecular weight is 347 g/mol. The fourth-order valence-corrected chi connectivity index (χ4v) is 2.55. The van der Waals surface area contributed by atoms with Gasteiger partial charge < -0.3 is 10.1 Å². The summed E-state index contributed by atoms with van der Waals surface area (Å²) in [7, 11) is 0. The number of hydrogen-bond acceptors (Lipinski definition) is 4. The van der Waals surface area contributed by atoms with Gasteiger partial charge in [0.15, 0.2) is 6.10 Å². The van der Waals surface area contributed by atoms with Crippen LogP contribution in [0.5, 0.6) is 0 Å². The molecule has 4 nitrogen and oxygen atoms in total. The summed E-state index contributed by atoms with van der Waals surface area (Å²) < 4.78 is 17.8. The SMILES string of the molecule is C[C@@H](OC(=O)/C=C/c1cccs1)C(=O)NCCc1ccc(F)cc1. The zero-order valence-corrected chi connectivity index (χ0v) is 14.0. The monoisotopic (exact) mass is 347 g/mol. The molecule has 1 amide bonds. The Bertz CT molecular complexity index is 696. The zero-order chi connectivity index (χ0) is 17.4. The maximum Gasteiger partial charge on any atom is 0.331 e. The van der Waals surface area contributed by atoms with Gasteiger partial charge >= 0.3 is 5.97 Å². The molecule has 1 heterocycles. The van der Waals surface area contributed by atoms with Crippen molar-refractivity contribution in [1.82, 2.24) is 5.32 Å². The third kappa shape index (κ3) is 5.96. The van der Waals surface area contributed by atoms with Crippen molar-refractivity contribution in [2.24, 2.45) is 0 Å². The van der Waals surface area contributed by atoms with E-state index in [4.69, 9.17) is 4.74 Å². The predicted octanol–water partition coefficient (Wildman–Crippen LogP) is 3.19. The lowest BCUT2D eigenvalue weighted by Crippen LogP contribution is -2.36. The van der Waals surface area contributed by atoms with E-state index >= 15 is 0 Å². The molecule has 2 rings (SSSR count). The molecule has 0 fully saturated rings. The predicted molar refractivity (Wildman–Crippen MR) is 92.0 cm³/mol. The number of ether oxygens (including phenoxy) is 1. The second kappa shape index (κ2) is 8.98. The van der Waals surface area contributed by atoms with Crippen LogP contribution in [-0.4, -0.2) is 24.5 Å². The second-order valence-electron chi connectivity index (χ2n) is 5.10. The number of nitrogens with one attached hydrogen (secondary N) is 1. The number of halogens is 1. The molecule has 0 radical (unpaired) electrons. The first kappa shape index (κ1) is 17.9. The van der Waals surface area contributed by atoms with Crippen LogP contribution in [0.4, 0.5) is 4.39 Å². The van der Waals surface area contributed by atoms with E-state index in [1.54, 1.807) is 18.2 Å². The Labute approximate surface area is 144 Å². The number of hydrogen-bond donors (Lipinski definition) is 1. The fourth-order valence-electron chi connectivity index (χ4n) is 1.93. The molecule has 2 aromatic rings. The van der Waals surface area contributed by atoms with Gasteiger partial charge in [0, 0.05) is 17.5 Å². The summed E-state index contributed by atoms with van der Waals surface area (Å²) in [6, 6.07) is 9.84. The normalized spacial score (nSPS) is 12.1. The van der Waals surface area contributed by atoms with Gasteiger partial charge in [-0.1, -0.05) is 18.2 Å². The van der Waals surface area contributed by atoms with E-state index in [0.717, 1.165) is 10.4 Å². The lowest BCUT2D eigenvalue weighted by atomic mass is 10.1. The van der Waals surface area contributed by atoms with Crippen LogP contribution >= 0.6 is 11.3 Å². The van der Waals surface area contributed by atoms with Gasteiger partial charge in [-0.2, -0.15) is 0 Å². The van der Waals surface area contributed by atoms with Crippen molar-refractivity contribution in [3.05, 3.63) is 64.1 Å². The quantitative estimate of drug-likeness (QED) is 0.618. The Kier molecular flexibility index (Phi) is 6.69. The van der Waals surface area contributed by atoms with Crippen molar-refractivity contribution in [2.45, 2.75) is 19.4 Å². The maximum absolute atomic E-state index is 12.8. The molecule has 1 aromatic carbocycles. The van der Waals surface area contributed by atoms with Gasteiger partial charge in [0.1, 0.15) is 5.82 Å². The van der Waals surface area contributed by atoms with Gasteiger partial charge in [-0.15, -0.1) is 11.3 Å². The first-order valence-electron chi connectivity index (χ1n) is 7.49. The van der Waals surface area contributed by atoms with E-state index in [0.29, 0.717) is 13.0 Å². The smallest absolute Gasteiger partial charge is 0.331 e. The Morgan fingerprint density at radius 2 is 2.04 bits per heavy atom. The number of thiophene rings is 1. The van der Waals surface area contributed by atoms with Crippen molar-refractivity contribution in [2.75, 3.05) is 6.54 Å². The third-order valence-corrected chi connectivity index (χ3v) is 4.05. The lowest BCUT2D eigenvalue weighted by Gasteiger charge is -2.12. The van der Waals surface area contributed by atoms with Gasteiger partial charge in [0.05, 0.1) is 0 Å². The van der Waals surface area contributed by atoms with Crippen LogP contribution in [0, 0.1) is 5.82 Å². The minimum Gasteiger partial charge on any atom is -0.449 e. The first-order chi connectivity index (χ1) is 11.5. The van der Waals surface area contributed by atoms with Crippen LogP contribution < -0.4 is 5.32 Å². The molecule has 0 bridgehead atoms. The lowest BCUT2D eigenvalue weighted by molar-refractivity contribution is -0.150. The van der Waals surface area contributed by atoms with Crippen molar-refractivity contribution < 1.29 is 18.7 Å². The Morgan fingerprint density at radius 3 is 2.71 bits per heavy atom. The molecule has 6 heteroatoms. The molecule has 1 atom stereocenters. The molecule has 0 unspecified atom stereocenters. The summed E-state index contributed by atoms with van der Waals surface area (Å²) in [6.45, 7) is 1.90. The topological polar surface area (TPSA) is 55.4 Å². The maximum atomic E-state index is 12.8. The van der Waals surface area contributed by atoms with Crippen molar-refractivity contribution >= 4 is 29.3 Å². The molecule has 0 aliphatic heterocycles. The molecule has 126 valence electrons. The number of amides is 1. The van der Waals surface area contributed by atoms with E-state index in [-0.39, 0.29) is 11.7 Å².